The summed E-state index contributed by atoms with van der Waals surface area (Å²) >= 11 is 3.98. The SMILES string of the molecule is COC(=O)c1cncc(NC(=O)C(C)S)c1. The number of thiol groups is 1. The minimum Gasteiger partial charge on any atom is -0.465 e. The molecule has 1 amide bonds. The van der Waals surface area contributed by atoms with Crippen molar-refractivity contribution in [2.75, 3.05) is 12.4 Å². The Bertz CT molecular complexity index is 407. The number of rotatable bonds is 3. The highest BCUT2D eigenvalue weighted by Crippen LogP contribution is 2.10. The Labute approximate surface area is 98.6 Å². The molecule has 1 N–H and O–H groups in total. The van der Waals surface area contributed by atoms with Gasteiger partial charge >= 0.3 is 5.97 Å². The van der Waals surface area contributed by atoms with E-state index in [2.05, 4.69) is 27.7 Å². The fraction of sp³-hybridized carbons (Fsp3) is 0.300. The van der Waals surface area contributed by atoms with Crippen molar-refractivity contribution < 1.29 is 14.3 Å². The maximum absolute atomic E-state index is 11.3. The van der Waals surface area contributed by atoms with Crippen molar-refractivity contribution in [1.82, 2.24) is 4.98 Å². The van der Waals surface area contributed by atoms with Crippen LogP contribution in [0.1, 0.15) is 17.3 Å². The maximum atomic E-state index is 11.3. The summed E-state index contributed by atoms with van der Waals surface area (Å²) in [5.74, 6) is -0.755. The average molecular weight is 240 g/mol. The summed E-state index contributed by atoms with van der Waals surface area (Å²) < 4.78 is 4.54. The molecule has 0 bridgehead atoms. The van der Waals surface area contributed by atoms with E-state index in [4.69, 9.17) is 0 Å². The van der Waals surface area contributed by atoms with Crippen LogP contribution in [0.15, 0.2) is 18.5 Å². The summed E-state index contributed by atoms with van der Waals surface area (Å²) in [5, 5.41) is 2.15. The first-order valence-corrected chi connectivity index (χ1v) is 5.08. The summed E-state index contributed by atoms with van der Waals surface area (Å²) in [6, 6.07) is 1.49. The molecule has 0 aliphatic heterocycles. The molecule has 1 aromatic rings. The number of nitrogens with one attached hydrogen (secondary N) is 1. The number of esters is 1. The van der Waals surface area contributed by atoms with Gasteiger partial charge in [-0.05, 0) is 13.0 Å². The summed E-state index contributed by atoms with van der Waals surface area (Å²) in [4.78, 5) is 26.4. The van der Waals surface area contributed by atoms with E-state index in [1.165, 1.54) is 25.6 Å². The van der Waals surface area contributed by atoms with E-state index in [0.29, 0.717) is 5.69 Å². The minimum atomic E-state index is -0.498. The standard InChI is InChI=1S/C10H12N2O3S/c1-6(16)9(13)12-8-3-7(4-11-5-8)10(14)15-2/h3-6,16H,1-2H3,(H,12,13). The molecule has 6 heteroatoms. The number of amides is 1. The Balaban J connectivity index is 2.83. The van der Waals surface area contributed by atoms with Gasteiger partial charge in [0.25, 0.3) is 0 Å². The second-order valence-corrected chi connectivity index (χ2v) is 3.89. The number of ether oxygens (including phenoxy) is 1. The van der Waals surface area contributed by atoms with Crippen LogP contribution in [-0.2, 0) is 9.53 Å². The molecule has 0 aromatic carbocycles. The van der Waals surface area contributed by atoms with Crippen LogP contribution in [-0.4, -0.2) is 29.2 Å². The van der Waals surface area contributed by atoms with Crippen LogP contribution in [0.25, 0.3) is 0 Å². The van der Waals surface area contributed by atoms with Crippen molar-refractivity contribution in [3.8, 4) is 0 Å². The number of nitrogens with zero attached hydrogens (tertiary/aromatic N) is 1. The van der Waals surface area contributed by atoms with Gasteiger partial charge in [-0.15, -0.1) is 0 Å². The molecule has 5 nitrogen and oxygen atoms in total. The second-order valence-electron chi connectivity index (χ2n) is 3.12. The molecule has 0 radical (unpaired) electrons. The van der Waals surface area contributed by atoms with Crippen molar-refractivity contribution in [3.63, 3.8) is 0 Å². The van der Waals surface area contributed by atoms with Gasteiger partial charge in [0.1, 0.15) is 0 Å². The van der Waals surface area contributed by atoms with E-state index < -0.39 is 11.2 Å². The first-order valence-electron chi connectivity index (χ1n) is 4.57. The number of carbonyl (C=O) groups excluding carboxylic acids is 2. The van der Waals surface area contributed by atoms with E-state index >= 15 is 0 Å². The molecule has 1 atom stereocenters. The third-order valence-electron chi connectivity index (χ3n) is 1.81. The van der Waals surface area contributed by atoms with Gasteiger partial charge < -0.3 is 10.1 Å². The van der Waals surface area contributed by atoms with Crippen LogP contribution >= 0.6 is 12.6 Å². The van der Waals surface area contributed by atoms with E-state index in [-0.39, 0.29) is 11.5 Å². The molecular weight excluding hydrogens is 228 g/mol. The molecule has 86 valence electrons. The lowest BCUT2D eigenvalue weighted by atomic mass is 10.2. The summed E-state index contributed by atoms with van der Waals surface area (Å²) in [7, 11) is 1.28. The maximum Gasteiger partial charge on any atom is 0.339 e. The van der Waals surface area contributed by atoms with Gasteiger partial charge in [0.05, 0.1) is 29.8 Å². The monoisotopic (exact) mass is 240 g/mol. The highest BCUT2D eigenvalue weighted by Gasteiger charge is 2.10. The van der Waals surface area contributed by atoms with Crippen LogP contribution in [0.4, 0.5) is 5.69 Å². The summed E-state index contributed by atoms with van der Waals surface area (Å²) in [5.41, 5.74) is 0.723. The second kappa shape index (κ2) is 5.50. The lowest BCUT2D eigenvalue weighted by Crippen LogP contribution is -2.20. The van der Waals surface area contributed by atoms with E-state index in [0.717, 1.165) is 0 Å². The highest BCUT2D eigenvalue weighted by atomic mass is 32.1. The first kappa shape index (κ1) is 12.5. The topological polar surface area (TPSA) is 68.3 Å². The van der Waals surface area contributed by atoms with Crippen molar-refractivity contribution in [3.05, 3.63) is 24.0 Å². The molecular formula is C10H12N2O3S. The van der Waals surface area contributed by atoms with Gasteiger partial charge in [-0.2, -0.15) is 12.6 Å². The number of anilines is 1. The Kier molecular flexibility index (Phi) is 4.30. The summed E-state index contributed by atoms with van der Waals surface area (Å²) in [6.07, 6.45) is 2.81. The van der Waals surface area contributed by atoms with Crippen LogP contribution in [0.5, 0.6) is 0 Å². The van der Waals surface area contributed by atoms with Gasteiger partial charge in [0.15, 0.2) is 0 Å². The minimum absolute atomic E-state index is 0.257. The fourth-order valence-corrected chi connectivity index (χ4v) is 1.05. The first-order chi connectivity index (χ1) is 7.54. The largest absolute Gasteiger partial charge is 0.465 e. The zero-order chi connectivity index (χ0) is 12.1. The van der Waals surface area contributed by atoms with Crippen LogP contribution in [0, 0.1) is 0 Å². The van der Waals surface area contributed by atoms with Crippen molar-refractivity contribution in [1.29, 1.82) is 0 Å². The van der Waals surface area contributed by atoms with E-state index in [1.54, 1.807) is 6.92 Å². The average Bonchev–Trinajstić information content (AvgIpc) is 2.28. The van der Waals surface area contributed by atoms with Gasteiger partial charge in [-0.3, -0.25) is 9.78 Å². The van der Waals surface area contributed by atoms with Gasteiger partial charge in [-0.25, -0.2) is 4.79 Å². The third kappa shape index (κ3) is 3.23. The number of pyridine rings is 1. The predicted octanol–water partition coefficient (Wildman–Crippen LogP) is 1.12. The number of methoxy groups -OCH3 is 1. The lowest BCUT2D eigenvalue weighted by Gasteiger charge is -2.07. The fourth-order valence-electron chi connectivity index (χ4n) is 0.984. The number of hydrogen-bond acceptors (Lipinski definition) is 5. The van der Waals surface area contributed by atoms with E-state index in [9.17, 15) is 9.59 Å². The Morgan fingerprint density at radius 2 is 2.19 bits per heavy atom. The van der Waals surface area contributed by atoms with Gasteiger partial charge in [-0.1, -0.05) is 0 Å². The number of carbonyl (C=O) groups is 2. The Morgan fingerprint density at radius 3 is 2.75 bits per heavy atom. The molecule has 1 aromatic heterocycles. The molecule has 0 saturated carbocycles. The quantitative estimate of drug-likeness (QED) is 0.614. The Hall–Kier alpha value is -1.56. The van der Waals surface area contributed by atoms with Gasteiger partial charge in [0.2, 0.25) is 5.91 Å². The Morgan fingerprint density at radius 1 is 1.50 bits per heavy atom. The highest BCUT2D eigenvalue weighted by molar-refractivity contribution is 7.81. The smallest absolute Gasteiger partial charge is 0.339 e. The van der Waals surface area contributed by atoms with Crippen molar-refractivity contribution in [2.24, 2.45) is 0 Å². The zero-order valence-corrected chi connectivity index (χ0v) is 9.82. The number of aromatic nitrogens is 1. The predicted molar refractivity (Wildman–Crippen MR) is 62.7 cm³/mol. The van der Waals surface area contributed by atoms with Gasteiger partial charge in [0, 0.05) is 6.20 Å². The van der Waals surface area contributed by atoms with E-state index in [1.807, 2.05) is 0 Å². The van der Waals surface area contributed by atoms with Crippen LogP contribution in [0.3, 0.4) is 0 Å². The summed E-state index contributed by atoms with van der Waals surface area (Å²) in [6.45, 7) is 1.65. The molecule has 16 heavy (non-hydrogen) atoms. The van der Waals surface area contributed by atoms with Crippen molar-refractivity contribution >= 4 is 30.2 Å². The molecule has 1 unspecified atom stereocenters. The van der Waals surface area contributed by atoms with Crippen LogP contribution < -0.4 is 5.32 Å². The number of hydrogen-bond donors (Lipinski definition) is 2. The molecule has 0 aliphatic rings. The third-order valence-corrected chi connectivity index (χ3v) is 2.04. The molecule has 1 rings (SSSR count). The lowest BCUT2D eigenvalue weighted by molar-refractivity contribution is -0.115. The molecule has 0 aliphatic carbocycles. The zero-order valence-electron chi connectivity index (χ0n) is 8.93. The molecule has 1 heterocycles. The van der Waals surface area contributed by atoms with Crippen molar-refractivity contribution in [2.45, 2.75) is 12.2 Å². The molecule has 0 spiro atoms. The molecule has 0 fully saturated rings. The van der Waals surface area contributed by atoms with Crippen LogP contribution in [0.2, 0.25) is 0 Å². The normalized spacial score (nSPS) is 11.7. The molecule has 0 saturated heterocycles.